The zero-order valence-electron chi connectivity index (χ0n) is 13.1. The van der Waals surface area contributed by atoms with E-state index in [0.717, 1.165) is 12.8 Å². The zero-order valence-corrected chi connectivity index (χ0v) is 14.1. The average Bonchev–Trinajstić information content (AvgIpc) is 2.42. The van der Waals surface area contributed by atoms with Crippen LogP contribution in [0.25, 0.3) is 0 Å². The lowest BCUT2D eigenvalue weighted by atomic mass is 10.2. The van der Waals surface area contributed by atoms with Crippen molar-refractivity contribution in [3.05, 3.63) is 34.4 Å². The summed E-state index contributed by atoms with van der Waals surface area (Å²) in [5.74, 6) is 0.296. The van der Waals surface area contributed by atoms with Crippen molar-refractivity contribution in [3.63, 3.8) is 0 Å². The first kappa shape index (κ1) is 17.6. The van der Waals surface area contributed by atoms with E-state index < -0.39 is 13.5 Å². The molecular weight excluding hydrogens is 286 g/mol. The maximum atomic E-state index is 11.0. The fourth-order valence-corrected chi connectivity index (χ4v) is 3.41. The molecule has 0 saturated carbocycles. The maximum absolute atomic E-state index is 11.0. The first-order valence-corrected chi connectivity index (χ1v) is 10.3. The van der Waals surface area contributed by atoms with Crippen molar-refractivity contribution >= 4 is 14.2 Å². The van der Waals surface area contributed by atoms with Crippen molar-refractivity contribution in [2.45, 2.75) is 52.1 Å². The van der Waals surface area contributed by atoms with Crippen molar-refractivity contribution in [1.82, 2.24) is 0 Å². The predicted molar refractivity (Wildman–Crippen MR) is 85.9 cm³/mol. The molecule has 0 aliphatic carbocycles. The van der Waals surface area contributed by atoms with E-state index in [1.165, 1.54) is 25.3 Å². The Bertz CT molecular complexity index is 451. The molecule has 0 saturated heterocycles. The molecule has 0 heterocycles. The molecule has 0 N–H and O–H groups in total. The quantitative estimate of drug-likeness (QED) is 0.273. The third-order valence-electron chi connectivity index (χ3n) is 3.12. The summed E-state index contributed by atoms with van der Waals surface area (Å²) in [6.07, 6.45) is 5.88. The molecule has 0 bridgehead atoms. The lowest BCUT2D eigenvalue weighted by Gasteiger charge is -2.23. The van der Waals surface area contributed by atoms with Crippen LogP contribution in [-0.2, 0) is 4.43 Å². The Morgan fingerprint density at radius 3 is 2.48 bits per heavy atom. The van der Waals surface area contributed by atoms with Crippen molar-refractivity contribution in [2.75, 3.05) is 6.61 Å². The Morgan fingerprint density at radius 2 is 1.81 bits per heavy atom. The van der Waals surface area contributed by atoms with E-state index in [0.29, 0.717) is 12.4 Å². The minimum atomic E-state index is -2.39. The highest BCUT2D eigenvalue weighted by molar-refractivity contribution is 6.65. The molecule has 0 unspecified atom stereocenters. The molecular formula is C15H25NO4Si. The summed E-state index contributed by atoms with van der Waals surface area (Å²) in [5, 5.41) is 11.0. The van der Waals surface area contributed by atoms with Gasteiger partial charge in [0.2, 0.25) is 0 Å². The summed E-state index contributed by atoms with van der Waals surface area (Å²) in [6.45, 7) is 6.67. The van der Waals surface area contributed by atoms with E-state index in [4.69, 9.17) is 8.85 Å². The standard InChI is InChI=1S/C15H25NO4Si/c1-4-5-6-7-10-13-19-21(2,3)20-15-12-9-8-11-14(15)16(17)18/h8-9,11-12H,4-7,10,13H2,1-3H3. The van der Waals surface area contributed by atoms with Gasteiger partial charge in [-0.15, -0.1) is 0 Å². The number of nitro groups is 1. The first-order chi connectivity index (χ1) is 9.96. The fourth-order valence-electron chi connectivity index (χ4n) is 2.01. The molecule has 0 amide bonds. The summed E-state index contributed by atoms with van der Waals surface area (Å²) in [6, 6.07) is 6.44. The minimum absolute atomic E-state index is 0.00961. The van der Waals surface area contributed by atoms with Gasteiger partial charge in [0.05, 0.1) is 4.92 Å². The molecule has 1 rings (SSSR count). The summed E-state index contributed by atoms with van der Waals surface area (Å²) in [5.41, 5.74) is -0.00961. The molecule has 6 heteroatoms. The number of unbranched alkanes of at least 4 members (excludes halogenated alkanes) is 4. The lowest BCUT2D eigenvalue weighted by molar-refractivity contribution is -0.385. The maximum Gasteiger partial charge on any atom is 0.392 e. The van der Waals surface area contributed by atoms with Crippen LogP contribution < -0.4 is 4.43 Å². The van der Waals surface area contributed by atoms with Gasteiger partial charge < -0.3 is 8.85 Å². The van der Waals surface area contributed by atoms with Crippen molar-refractivity contribution in [2.24, 2.45) is 0 Å². The number of benzene rings is 1. The zero-order chi connectivity index (χ0) is 15.7. The topological polar surface area (TPSA) is 61.6 Å². The number of hydrogen-bond acceptors (Lipinski definition) is 4. The van der Waals surface area contributed by atoms with Gasteiger partial charge in [0.1, 0.15) is 0 Å². The third-order valence-corrected chi connectivity index (χ3v) is 4.73. The Morgan fingerprint density at radius 1 is 1.14 bits per heavy atom. The highest BCUT2D eigenvalue weighted by Crippen LogP contribution is 2.28. The lowest BCUT2D eigenvalue weighted by Crippen LogP contribution is -2.38. The number of nitro benzene ring substituents is 1. The third kappa shape index (κ3) is 6.73. The monoisotopic (exact) mass is 311 g/mol. The van der Waals surface area contributed by atoms with E-state index in [2.05, 4.69) is 6.92 Å². The summed E-state index contributed by atoms with van der Waals surface area (Å²) >= 11 is 0. The molecule has 1 aromatic carbocycles. The van der Waals surface area contributed by atoms with Gasteiger partial charge in [0.25, 0.3) is 0 Å². The molecule has 1 aromatic rings. The van der Waals surface area contributed by atoms with E-state index in [1.807, 2.05) is 13.1 Å². The number of para-hydroxylation sites is 2. The Balaban J connectivity index is 2.47. The summed E-state index contributed by atoms with van der Waals surface area (Å²) < 4.78 is 11.6. The smallest absolute Gasteiger partial charge is 0.392 e. The second-order valence-corrected chi connectivity index (χ2v) is 8.78. The molecule has 0 aromatic heterocycles. The largest absolute Gasteiger partial charge is 0.515 e. The van der Waals surface area contributed by atoms with E-state index in [-0.39, 0.29) is 5.69 Å². The summed E-state index contributed by atoms with van der Waals surface area (Å²) in [4.78, 5) is 10.5. The van der Waals surface area contributed by atoms with Crippen LogP contribution >= 0.6 is 0 Å². The van der Waals surface area contributed by atoms with E-state index >= 15 is 0 Å². The van der Waals surface area contributed by atoms with Gasteiger partial charge in [0, 0.05) is 12.7 Å². The van der Waals surface area contributed by atoms with Gasteiger partial charge in [-0.25, -0.2) is 0 Å². The molecule has 118 valence electrons. The Kier molecular flexibility index (Phi) is 7.39. The van der Waals surface area contributed by atoms with Crippen LogP contribution in [0.5, 0.6) is 5.75 Å². The molecule has 0 fully saturated rings. The second-order valence-electron chi connectivity index (χ2n) is 5.49. The van der Waals surface area contributed by atoms with E-state index in [1.54, 1.807) is 18.2 Å². The first-order valence-electron chi connectivity index (χ1n) is 7.52. The number of nitrogens with zero attached hydrogens (tertiary/aromatic N) is 1. The highest BCUT2D eigenvalue weighted by atomic mass is 28.4. The van der Waals surface area contributed by atoms with Crippen molar-refractivity contribution < 1.29 is 13.8 Å². The van der Waals surface area contributed by atoms with Crippen LogP contribution in [0.1, 0.15) is 39.0 Å². The van der Waals surface area contributed by atoms with Crippen LogP contribution in [0.4, 0.5) is 5.69 Å². The average molecular weight is 311 g/mol. The van der Waals surface area contributed by atoms with E-state index in [9.17, 15) is 10.1 Å². The molecule has 0 atom stereocenters. The van der Waals surface area contributed by atoms with Crippen LogP contribution in [0.3, 0.4) is 0 Å². The van der Waals surface area contributed by atoms with Gasteiger partial charge in [-0.05, 0) is 25.6 Å². The number of hydrogen-bond donors (Lipinski definition) is 0. The molecule has 0 spiro atoms. The van der Waals surface area contributed by atoms with Crippen LogP contribution in [0, 0.1) is 10.1 Å². The summed E-state index contributed by atoms with van der Waals surface area (Å²) in [7, 11) is -2.39. The van der Waals surface area contributed by atoms with Crippen LogP contribution in [0.15, 0.2) is 24.3 Å². The molecule has 0 radical (unpaired) electrons. The predicted octanol–water partition coefficient (Wildman–Crippen LogP) is 4.66. The molecule has 0 aliphatic heterocycles. The van der Waals surface area contributed by atoms with Gasteiger partial charge in [-0.3, -0.25) is 10.1 Å². The SMILES string of the molecule is CCCCCCCO[Si](C)(C)Oc1ccccc1[N+](=O)[O-]. The van der Waals surface area contributed by atoms with Gasteiger partial charge in [-0.2, -0.15) is 0 Å². The Labute approximate surface area is 127 Å². The van der Waals surface area contributed by atoms with Crippen molar-refractivity contribution in [3.8, 4) is 5.75 Å². The van der Waals surface area contributed by atoms with Gasteiger partial charge >= 0.3 is 14.2 Å². The van der Waals surface area contributed by atoms with Crippen molar-refractivity contribution in [1.29, 1.82) is 0 Å². The van der Waals surface area contributed by atoms with Gasteiger partial charge in [-0.1, -0.05) is 44.7 Å². The van der Waals surface area contributed by atoms with Crippen LogP contribution in [-0.4, -0.2) is 20.1 Å². The fraction of sp³-hybridized carbons (Fsp3) is 0.600. The molecule has 5 nitrogen and oxygen atoms in total. The van der Waals surface area contributed by atoms with Crippen LogP contribution in [0.2, 0.25) is 13.1 Å². The normalized spacial score (nSPS) is 11.4. The molecule has 0 aliphatic rings. The molecule has 21 heavy (non-hydrogen) atoms. The number of rotatable bonds is 10. The minimum Gasteiger partial charge on any atom is -0.515 e. The highest BCUT2D eigenvalue weighted by Gasteiger charge is 2.29. The second kappa shape index (κ2) is 8.79. The Hall–Kier alpha value is -1.40. The van der Waals surface area contributed by atoms with Gasteiger partial charge in [0.15, 0.2) is 5.75 Å².